The fraction of sp³-hybridized carbons (Fsp3) is 0. The maximum atomic E-state index is 10.4. The summed E-state index contributed by atoms with van der Waals surface area (Å²) in [6.07, 6.45) is -1.09. The van der Waals surface area contributed by atoms with Crippen LogP contribution in [0.15, 0.2) is 24.3 Å². The summed E-state index contributed by atoms with van der Waals surface area (Å²) < 4.78 is 0. The van der Waals surface area contributed by atoms with Gasteiger partial charge in [0.15, 0.2) is 0 Å². The van der Waals surface area contributed by atoms with Crippen molar-refractivity contribution in [2.24, 2.45) is 0 Å². The average Bonchev–Trinajstić information content (AvgIpc) is 2.44. The lowest BCUT2D eigenvalue weighted by Gasteiger charge is -1.92. The zero-order valence-corrected chi connectivity index (χ0v) is 7.80. The second-order valence-corrected chi connectivity index (χ2v) is 3.28. The molecule has 0 saturated carbocycles. The molecule has 1 amide bonds. The average molecular weight is 211 g/mol. The third-order valence-corrected chi connectivity index (χ3v) is 2.06. The van der Waals surface area contributed by atoms with E-state index in [0.29, 0.717) is 10.8 Å². The highest BCUT2D eigenvalue weighted by molar-refractivity contribution is 6.31. The second kappa shape index (κ2) is 3.23. The van der Waals surface area contributed by atoms with Gasteiger partial charge in [-0.15, -0.1) is 0 Å². The molecule has 72 valence electrons. The molecular weight excluding hydrogens is 204 g/mol. The van der Waals surface area contributed by atoms with Gasteiger partial charge in [0.25, 0.3) is 0 Å². The van der Waals surface area contributed by atoms with Crippen molar-refractivity contribution in [3.63, 3.8) is 0 Å². The number of carbonyl (C=O) groups is 1. The third kappa shape index (κ3) is 1.65. The summed E-state index contributed by atoms with van der Waals surface area (Å²) in [5, 5.41) is 12.2. The van der Waals surface area contributed by atoms with Crippen molar-refractivity contribution in [2.45, 2.75) is 0 Å². The van der Waals surface area contributed by atoms with Gasteiger partial charge in [-0.3, -0.25) is 5.32 Å². The van der Waals surface area contributed by atoms with E-state index in [1.54, 1.807) is 24.3 Å². The van der Waals surface area contributed by atoms with Crippen LogP contribution in [0.5, 0.6) is 0 Å². The topological polar surface area (TPSA) is 65.1 Å². The summed E-state index contributed by atoms with van der Waals surface area (Å²) in [5.74, 6) is 0.440. The molecule has 14 heavy (non-hydrogen) atoms. The van der Waals surface area contributed by atoms with Crippen molar-refractivity contribution in [1.29, 1.82) is 0 Å². The normalized spacial score (nSPS) is 10.4. The number of benzene rings is 1. The predicted octanol–water partition coefficient (Wildman–Crippen LogP) is 2.91. The summed E-state index contributed by atoms with van der Waals surface area (Å²) in [6, 6.07) is 6.99. The summed E-state index contributed by atoms with van der Waals surface area (Å²) in [4.78, 5) is 13.3. The number of aromatic amines is 1. The molecule has 1 aromatic carbocycles. The molecule has 0 fully saturated rings. The fourth-order valence-corrected chi connectivity index (χ4v) is 1.47. The van der Waals surface area contributed by atoms with Crippen LogP contribution in [-0.4, -0.2) is 16.2 Å². The first kappa shape index (κ1) is 8.90. The van der Waals surface area contributed by atoms with E-state index < -0.39 is 6.09 Å². The zero-order chi connectivity index (χ0) is 10.1. The Morgan fingerprint density at radius 1 is 1.43 bits per heavy atom. The number of H-pyrrole nitrogens is 1. The van der Waals surface area contributed by atoms with Crippen LogP contribution in [0.25, 0.3) is 10.9 Å². The minimum atomic E-state index is -1.09. The lowest BCUT2D eigenvalue weighted by atomic mass is 10.2. The van der Waals surface area contributed by atoms with Crippen LogP contribution < -0.4 is 5.32 Å². The van der Waals surface area contributed by atoms with Gasteiger partial charge in [0.2, 0.25) is 0 Å². The number of rotatable bonds is 1. The Labute approximate surface area is 84.5 Å². The van der Waals surface area contributed by atoms with Crippen LogP contribution >= 0.6 is 11.6 Å². The molecule has 1 heterocycles. The number of halogens is 1. The summed E-state index contributed by atoms with van der Waals surface area (Å²) in [6.45, 7) is 0. The van der Waals surface area contributed by atoms with Crippen molar-refractivity contribution in [3.05, 3.63) is 29.3 Å². The van der Waals surface area contributed by atoms with Crippen LogP contribution in [0.1, 0.15) is 0 Å². The zero-order valence-electron chi connectivity index (χ0n) is 7.04. The van der Waals surface area contributed by atoms with Crippen LogP contribution in [-0.2, 0) is 0 Å². The summed E-state index contributed by atoms with van der Waals surface area (Å²) in [7, 11) is 0. The van der Waals surface area contributed by atoms with Crippen molar-refractivity contribution in [1.82, 2.24) is 4.98 Å². The molecule has 2 rings (SSSR count). The number of nitrogens with one attached hydrogen (secondary N) is 2. The number of carboxylic acid groups (broad SMARTS) is 1. The largest absolute Gasteiger partial charge is 0.465 e. The van der Waals surface area contributed by atoms with E-state index in [9.17, 15) is 4.79 Å². The quantitative estimate of drug-likeness (QED) is 0.678. The maximum Gasteiger partial charge on any atom is 0.410 e. The first-order valence-corrected chi connectivity index (χ1v) is 4.31. The van der Waals surface area contributed by atoms with Crippen LogP contribution in [0.3, 0.4) is 0 Å². The highest BCUT2D eigenvalue weighted by Crippen LogP contribution is 2.22. The minimum Gasteiger partial charge on any atom is -0.465 e. The first-order valence-electron chi connectivity index (χ1n) is 3.93. The Kier molecular flexibility index (Phi) is 2.05. The van der Waals surface area contributed by atoms with E-state index in [1.165, 1.54) is 0 Å². The molecule has 0 radical (unpaired) electrons. The SMILES string of the molecule is O=C(O)Nc1cc2cc(Cl)ccc2[nH]1. The molecule has 5 heteroatoms. The third-order valence-electron chi connectivity index (χ3n) is 1.82. The van der Waals surface area contributed by atoms with Gasteiger partial charge in [0, 0.05) is 15.9 Å². The molecule has 4 nitrogen and oxygen atoms in total. The molecule has 2 aromatic rings. The summed E-state index contributed by atoms with van der Waals surface area (Å²) in [5.41, 5.74) is 0.846. The van der Waals surface area contributed by atoms with E-state index in [4.69, 9.17) is 16.7 Å². The number of aromatic nitrogens is 1. The van der Waals surface area contributed by atoms with Gasteiger partial charge in [0.1, 0.15) is 5.82 Å². The molecule has 0 atom stereocenters. The molecule has 1 aromatic heterocycles. The Morgan fingerprint density at radius 2 is 2.21 bits per heavy atom. The lowest BCUT2D eigenvalue weighted by Crippen LogP contribution is -2.06. The molecule has 0 aliphatic carbocycles. The van der Waals surface area contributed by atoms with Crippen LogP contribution in [0.4, 0.5) is 10.6 Å². The molecule has 0 saturated heterocycles. The maximum absolute atomic E-state index is 10.4. The molecule has 0 aliphatic heterocycles. The Bertz CT molecular complexity index is 493. The number of anilines is 1. The van der Waals surface area contributed by atoms with Gasteiger partial charge in [-0.1, -0.05) is 11.6 Å². The molecule has 0 spiro atoms. The van der Waals surface area contributed by atoms with Gasteiger partial charge in [-0.25, -0.2) is 4.79 Å². The van der Waals surface area contributed by atoms with Gasteiger partial charge in [-0.05, 0) is 24.3 Å². The van der Waals surface area contributed by atoms with Crippen molar-refractivity contribution in [2.75, 3.05) is 5.32 Å². The predicted molar refractivity (Wildman–Crippen MR) is 55.0 cm³/mol. The van der Waals surface area contributed by atoms with Gasteiger partial charge in [-0.2, -0.15) is 0 Å². The number of fused-ring (bicyclic) bond motifs is 1. The number of hydrogen-bond donors (Lipinski definition) is 3. The van der Waals surface area contributed by atoms with Crippen molar-refractivity contribution >= 4 is 34.4 Å². The Balaban J connectivity index is 2.46. The Hall–Kier alpha value is -1.68. The van der Waals surface area contributed by atoms with E-state index >= 15 is 0 Å². The molecule has 0 bridgehead atoms. The van der Waals surface area contributed by atoms with Crippen molar-refractivity contribution in [3.8, 4) is 0 Å². The first-order chi connectivity index (χ1) is 6.65. The van der Waals surface area contributed by atoms with E-state index in [0.717, 1.165) is 10.9 Å². The summed E-state index contributed by atoms with van der Waals surface area (Å²) >= 11 is 5.78. The molecule has 0 unspecified atom stereocenters. The van der Waals surface area contributed by atoms with E-state index in [2.05, 4.69) is 10.3 Å². The van der Waals surface area contributed by atoms with Crippen LogP contribution in [0.2, 0.25) is 5.02 Å². The molecule has 0 aliphatic rings. The highest BCUT2D eigenvalue weighted by Gasteiger charge is 2.03. The molecule has 3 N–H and O–H groups in total. The van der Waals surface area contributed by atoms with E-state index in [-0.39, 0.29) is 0 Å². The van der Waals surface area contributed by atoms with Crippen molar-refractivity contribution < 1.29 is 9.90 Å². The number of amides is 1. The highest BCUT2D eigenvalue weighted by atomic mass is 35.5. The van der Waals surface area contributed by atoms with Gasteiger partial charge >= 0.3 is 6.09 Å². The Morgan fingerprint density at radius 3 is 2.93 bits per heavy atom. The second-order valence-electron chi connectivity index (χ2n) is 2.84. The van der Waals surface area contributed by atoms with Crippen LogP contribution in [0, 0.1) is 0 Å². The van der Waals surface area contributed by atoms with Gasteiger partial charge in [0.05, 0.1) is 0 Å². The van der Waals surface area contributed by atoms with E-state index in [1.807, 2.05) is 0 Å². The fourth-order valence-electron chi connectivity index (χ4n) is 1.29. The molecular formula is C9H7ClN2O2. The monoisotopic (exact) mass is 210 g/mol. The smallest absolute Gasteiger partial charge is 0.410 e. The minimum absolute atomic E-state index is 0.440. The number of hydrogen-bond acceptors (Lipinski definition) is 1. The van der Waals surface area contributed by atoms with Gasteiger partial charge < -0.3 is 10.1 Å². The standard InChI is InChI=1S/C9H7ClN2O2/c10-6-1-2-7-5(3-6)4-8(11-7)12-9(13)14/h1-4,11-12H,(H,13,14). The lowest BCUT2D eigenvalue weighted by molar-refractivity contribution is 0.209.